The Kier molecular flexibility index (Phi) is 4.22. The SMILES string of the molecule is Cc1cc(C(NN)c2cccc(Cl)c2)sc1Br. The molecule has 0 aliphatic heterocycles. The van der Waals surface area contributed by atoms with Gasteiger partial charge >= 0.3 is 0 Å². The zero-order valence-corrected chi connectivity index (χ0v) is 12.4. The van der Waals surface area contributed by atoms with Crippen LogP contribution in [0.25, 0.3) is 0 Å². The lowest BCUT2D eigenvalue weighted by molar-refractivity contribution is 0.646. The maximum atomic E-state index is 6.00. The molecular formula is C12H12BrClN2S. The average Bonchev–Trinajstić information content (AvgIpc) is 2.60. The van der Waals surface area contributed by atoms with Gasteiger partial charge in [0.25, 0.3) is 0 Å². The second kappa shape index (κ2) is 5.50. The molecule has 0 radical (unpaired) electrons. The van der Waals surface area contributed by atoms with E-state index in [-0.39, 0.29) is 6.04 Å². The summed E-state index contributed by atoms with van der Waals surface area (Å²) >= 11 is 11.2. The van der Waals surface area contributed by atoms with Crippen molar-refractivity contribution in [1.29, 1.82) is 0 Å². The number of hydrogen-bond donors (Lipinski definition) is 2. The van der Waals surface area contributed by atoms with Gasteiger partial charge in [-0.2, -0.15) is 0 Å². The molecule has 1 aromatic carbocycles. The molecule has 0 bridgehead atoms. The van der Waals surface area contributed by atoms with E-state index in [9.17, 15) is 0 Å². The summed E-state index contributed by atoms with van der Waals surface area (Å²) in [6.45, 7) is 2.07. The third-order valence-corrected chi connectivity index (χ3v) is 4.95. The first-order valence-corrected chi connectivity index (χ1v) is 7.08. The van der Waals surface area contributed by atoms with Gasteiger partial charge in [-0.3, -0.25) is 5.84 Å². The average molecular weight is 332 g/mol. The highest BCUT2D eigenvalue weighted by Crippen LogP contribution is 2.34. The number of hydrazine groups is 1. The maximum Gasteiger partial charge on any atom is 0.0803 e. The summed E-state index contributed by atoms with van der Waals surface area (Å²) < 4.78 is 1.13. The number of nitrogens with two attached hydrogens (primary N) is 1. The molecule has 17 heavy (non-hydrogen) atoms. The summed E-state index contributed by atoms with van der Waals surface area (Å²) in [4.78, 5) is 1.17. The van der Waals surface area contributed by atoms with E-state index in [4.69, 9.17) is 17.4 Å². The number of aryl methyl sites for hydroxylation is 1. The number of rotatable bonds is 3. The second-order valence-electron chi connectivity index (χ2n) is 3.76. The van der Waals surface area contributed by atoms with Gasteiger partial charge in [0.05, 0.1) is 9.83 Å². The minimum absolute atomic E-state index is 0.0244. The number of benzene rings is 1. The van der Waals surface area contributed by atoms with Crippen LogP contribution in [-0.2, 0) is 0 Å². The van der Waals surface area contributed by atoms with E-state index >= 15 is 0 Å². The van der Waals surface area contributed by atoms with Gasteiger partial charge in [-0.15, -0.1) is 11.3 Å². The molecule has 2 aromatic rings. The summed E-state index contributed by atoms with van der Waals surface area (Å²) in [5.74, 6) is 5.64. The molecule has 0 saturated heterocycles. The van der Waals surface area contributed by atoms with Gasteiger partial charge in [0.15, 0.2) is 0 Å². The minimum Gasteiger partial charge on any atom is -0.271 e. The zero-order chi connectivity index (χ0) is 12.4. The third-order valence-electron chi connectivity index (χ3n) is 2.51. The van der Waals surface area contributed by atoms with E-state index in [2.05, 4.69) is 34.3 Å². The highest BCUT2D eigenvalue weighted by molar-refractivity contribution is 9.11. The normalized spacial score (nSPS) is 12.7. The molecule has 1 atom stereocenters. The van der Waals surface area contributed by atoms with Crippen molar-refractivity contribution in [3.05, 3.63) is 55.1 Å². The maximum absolute atomic E-state index is 6.00. The molecule has 5 heteroatoms. The molecule has 0 amide bonds. The molecule has 0 aliphatic carbocycles. The van der Waals surface area contributed by atoms with Crippen molar-refractivity contribution in [3.63, 3.8) is 0 Å². The smallest absolute Gasteiger partial charge is 0.0803 e. The fraction of sp³-hybridized carbons (Fsp3) is 0.167. The van der Waals surface area contributed by atoms with Crippen molar-refractivity contribution in [2.45, 2.75) is 13.0 Å². The van der Waals surface area contributed by atoms with Crippen LogP contribution in [0.1, 0.15) is 22.0 Å². The van der Waals surface area contributed by atoms with E-state index in [0.29, 0.717) is 0 Å². The number of halogens is 2. The van der Waals surface area contributed by atoms with E-state index in [0.717, 1.165) is 14.4 Å². The van der Waals surface area contributed by atoms with E-state index in [1.165, 1.54) is 10.4 Å². The molecule has 1 heterocycles. The summed E-state index contributed by atoms with van der Waals surface area (Å²) in [5.41, 5.74) is 5.11. The Hall–Kier alpha value is -0.390. The monoisotopic (exact) mass is 330 g/mol. The fourth-order valence-corrected chi connectivity index (χ4v) is 3.51. The van der Waals surface area contributed by atoms with Crippen molar-refractivity contribution in [2.75, 3.05) is 0 Å². The van der Waals surface area contributed by atoms with Crippen LogP contribution in [-0.4, -0.2) is 0 Å². The van der Waals surface area contributed by atoms with Crippen molar-refractivity contribution in [2.24, 2.45) is 5.84 Å². The van der Waals surface area contributed by atoms with E-state index in [1.54, 1.807) is 11.3 Å². The topological polar surface area (TPSA) is 38.0 Å². The quantitative estimate of drug-likeness (QED) is 0.658. The molecule has 3 N–H and O–H groups in total. The molecule has 0 saturated carbocycles. The van der Waals surface area contributed by atoms with Crippen LogP contribution in [0.5, 0.6) is 0 Å². The van der Waals surface area contributed by atoms with Gasteiger partial charge in [0.2, 0.25) is 0 Å². The molecule has 2 rings (SSSR count). The first-order valence-electron chi connectivity index (χ1n) is 5.09. The summed E-state index contributed by atoms with van der Waals surface area (Å²) in [5, 5.41) is 0.718. The Bertz CT molecular complexity index is 507. The van der Waals surface area contributed by atoms with Crippen molar-refractivity contribution in [3.8, 4) is 0 Å². The van der Waals surface area contributed by atoms with Crippen molar-refractivity contribution >= 4 is 38.9 Å². The second-order valence-corrected chi connectivity index (χ2v) is 6.60. The lowest BCUT2D eigenvalue weighted by Crippen LogP contribution is -2.28. The third kappa shape index (κ3) is 2.89. The lowest BCUT2D eigenvalue weighted by Gasteiger charge is -2.14. The van der Waals surface area contributed by atoms with Gasteiger partial charge in [0.1, 0.15) is 0 Å². The van der Waals surface area contributed by atoms with E-state index in [1.807, 2.05) is 24.3 Å². The van der Waals surface area contributed by atoms with Crippen LogP contribution >= 0.6 is 38.9 Å². The summed E-state index contributed by atoms with van der Waals surface area (Å²) in [6, 6.07) is 9.82. The minimum atomic E-state index is -0.0244. The summed E-state index contributed by atoms with van der Waals surface area (Å²) in [6.07, 6.45) is 0. The van der Waals surface area contributed by atoms with Crippen LogP contribution < -0.4 is 11.3 Å². The van der Waals surface area contributed by atoms with Crippen LogP contribution in [0.4, 0.5) is 0 Å². The Labute approximate surface area is 118 Å². The van der Waals surface area contributed by atoms with Crippen LogP contribution in [0, 0.1) is 6.92 Å². The Morgan fingerprint density at radius 2 is 2.18 bits per heavy atom. The van der Waals surface area contributed by atoms with Gasteiger partial charge in [0, 0.05) is 9.90 Å². The molecule has 2 nitrogen and oxygen atoms in total. The summed E-state index contributed by atoms with van der Waals surface area (Å²) in [7, 11) is 0. The van der Waals surface area contributed by atoms with Gasteiger partial charge in [-0.05, 0) is 52.2 Å². The molecular weight excluding hydrogens is 320 g/mol. The highest BCUT2D eigenvalue weighted by Gasteiger charge is 2.16. The molecule has 0 fully saturated rings. The molecule has 0 spiro atoms. The number of thiophene rings is 1. The predicted octanol–water partition coefficient (Wildman–Crippen LogP) is 4.03. The molecule has 1 aromatic heterocycles. The molecule has 1 unspecified atom stereocenters. The van der Waals surface area contributed by atoms with Crippen LogP contribution in [0.2, 0.25) is 5.02 Å². The van der Waals surface area contributed by atoms with Gasteiger partial charge in [-0.1, -0.05) is 23.7 Å². The van der Waals surface area contributed by atoms with Crippen molar-refractivity contribution < 1.29 is 0 Å². The molecule has 90 valence electrons. The Morgan fingerprint density at radius 3 is 2.71 bits per heavy atom. The van der Waals surface area contributed by atoms with Crippen LogP contribution in [0.15, 0.2) is 34.1 Å². The Morgan fingerprint density at radius 1 is 1.41 bits per heavy atom. The van der Waals surface area contributed by atoms with Gasteiger partial charge < -0.3 is 0 Å². The largest absolute Gasteiger partial charge is 0.271 e. The lowest BCUT2D eigenvalue weighted by atomic mass is 10.1. The van der Waals surface area contributed by atoms with Crippen molar-refractivity contribution in [1.82, 2.24) is 5.43 Å². The first kappa shape index (κ1) is 13.1. The molecule has 0 aliphatic rings. The van der Waals surface area contributed by atoms with Gasteiger partial charge in [-0.25, -0.2) is 5.43 Å². The fourth-order valence-electron chi connectivity index (χ4n) is 1.65. The predicted molar refractivity (Wildman–Crippen MR) is 77.4 cm³/mol. The van der Waals surface area contributed by atoms with E-state index < -0.39 is 0 Å². The zero-order valence-electron chi connectivity index (χ0n) is 9.21. The standard InChI is InChI=1S/C12H12BrClN2S/c1-7-5-10(17-12(7)13)11(16-15)8-3-2-4-9(14)6-8/h2-6,11,16H,15H2,1H3. The first-order chi connectivity index (χ1) is 8.11. The number of nitrogens with one attached hydrogen (secondary N) is 1. The highest BCUT2D eigenvalue weighted by atomic mass is 79.9. The van der Waals surface area contributed by atoms with Crippen LogP contribution in [0.3, 0.4) is 0 Å². The number of hydrogen-bond acceptors (Lipinski definition) is 3. The Balaban J connectivity index is 2.39.